The van der Waals surface area contributed by atoms with Gasteiger partial charge < -0.3 is 10.2 Å². The minimum absolute atomic E-state index is 0.0156. The molecular formula is C16H27F3N2O2. The van der Waals surface area contributed by atoms with E-state index in [1.807, 2.05) is 6.92 Å². The highest BCUT2D eigenvalue weighted by Crippen LogP contribution is 2.23. The van der Waals surface area contributed by atoms with Gasteiger partial charge in [0.15, 0.2) is 0 Å². The number of unbranched alkanes of at least 4 members (excludes halogenated alkanes) is 1. The summed E-state index contributed by atoms with van der Waals surface area (Å²) in [5.74, 6) is -1.57. The molecule has 0 spiro atoms. The van der Waals surface area contributed by atoms with Gasteiger partial charge in [-0.25, -0.2) is 0 Å². The summed E-state index contributed by atoms with van der Waals surface area (Å²) in [5, 5.41) is 2.92. The third-order valence-electron chi connectivity index (χ3n) is 4.48. The third-order valence-corrected chi connectivity index (χ3v) is 4.48. The number of carbonyl (C=O) groups is 2. The van der Waals surface area contributed by atoms with Crippen LogP contribution in [0.15, 0.2) is 0 Å². The van der Waals surface area contributed by atoms with Crippen molar-refractivity contribution in [2.75, 3.05) is 19.6 Å². The van der Waals surface area contributed by atoms with Crippen LogP contribution in [-0.2, 0) is 9.59 Å². The quantitative estimate of drug-likeness (QED) is 0.776. The van der Waals surface area contributed by atoms with Crippen LogP contribution >= 0.6 is 0 Å². The highest BCUT2D eigenvalue weighted by Gasteiger charge is 2.43. The molecule has 134 valence electrons. The molecule has 4 nitrogen and oxygen atoms in total. The van der Waals surface area contributed by atoms with Crippen LogP contribution in [0, 0.1) is 11.8 Å². The first-order valence-electron chi connectivity index (χ1n) is 8.43. The monoisotopic (exact) mass is 336 g/mol. The molecule has 1 N–H and O–H groups in total. The molecule has 1 fully saturated rings. The summed E-state index contributed by atoms with van der Waals surface area (Å²) < 4.78 is 37.1. The molecule has 0 aromatic rings. The number of hydrogen-bond acceptors (Lipinski definition) is 2. The number of likely N-dealkylation sites (tertiary alicyclic amines) is 1. The summed E-state index contributed by atoms with van der Waals surface area (Å²) in [6.45, 7) is 4.76. The molecule has 0 bridgehead atoms. The van der Waals surface area contributed by atoms with Crippen LogP contribution in [0.2, 0.25) is 0 Å². The minimum Gasteiger partial charge on any atom is -0.356 e. The summed E-state index contributed by atoms with van der Waals surface area (Å²) in [4.78, 5) is 24.1. The summed E-state index contributed by atoms with van der Waals surface area (Å²) >= 11 is 0. The van der Waals surface area contributed by atoms with Crippen LogP contribution in [0.5, 0.6) is 0 Å². The van der Waals surface area contributed by atoms with E-state index in [0.717, 1.165) is 30.6 Å². The van der Waals surface area contributed by atoms with Gasteiger partial charge in [0.2, 0.25) is 5.91 Å². The van der Waals surface area contributed by atoms with Crippen molar-refractivity contribution < 1.29 is 22.8 Å². The number of halogens is 3. The maximum Gasteiger partial charge on any atom is 0.471 e. The van der Waals surface area contributed by atoms with Crippen molar-refractivity contribution in [3.05, 3.63) is 0 Å². The second kappa shape index (κ2) is 9.13. The first kappa shape index (κ1) is 19.8. The Bertz CT molecular complexity index is 391. The van der Waals surface area contributed by atoms with E-state index >= 15 is 0 Å². The average Bonchev–Trinajstić information content (AvgIpc) is 2.52. The van der Waals surface area contributed by atoms with E-state index in [2.05, 4.69) is 12.2 Å². The summed E-state index contributed by atoms with van der Waals surface area (Å²) in [6.07, 6.45) is -0.0720. The number of hydrogen-bond donors (Lipinski definition) is 1. The van der Waals surface area contributed by atoms with Gasteiger partial charge in [-0.3, -0.25) is 9.59 Å². The Morgan fingerprint density at radius 3 is 2.30 bits per heavy atom. The number of nitrogens with one attached hydrogen (secondary N) is 1. The number of nitrogens with zero attached hydrogens (tertiary/aromatic N) is 1. The fourth-order valence-electron chi connectivity index (χ4n) is 2.88. The van der Waals surface area contributed by atoms with Crippen LogP contribution in [0.3, 0.4) is 0 Å². The second-order valence-corrected chi connectivity index (χ2v) is 6.23. The predicted octanol–water partition coefficient (Wildman–Crippen LogP) is 3.12. The zero-order chi connectivity index (χ0) is 17.5. The molecular weight excluding hydrogens is 309 g/mol. The maximum atomic E-state index is 12.4. The first-order valence-corrected chi connectivity index (χ1v) is 8.43. The molecule has 7 heteroatoms. The lowest BCUT2D eigenvalue weighted by Crippen LogP contribution is -2.47. The van der Waals surface area contributed by atoms with Crippen LogP contribution in [0.4, 0.5) is 13.2 Å². The smallest absolute Gasteiger partial charge is 0.356 e. The molecule has 1 saturated heterocycles. The van der Waals surface area contributed by atoms with Crippen molar-refractivity contribution in [2.45, 2.75) is 58.5 Å². The fraction of sp³-hybridized carbons (Fsp3) is 0.875. The van der Waals surface area contributed by atoms with Crippen LogP contribution in [0.1, 0.15) is 52.4 Å². The predicted molar refractivity (Wildman–Crippen MR) is 81.7 cm³/mol. The molecule has 0 unspecified atom stereocenters. The lowest BCUT2D eigenvalue weighted by atomic mass is 9.95. The Labute approximate surface area is 135 Å². The number of alkyl halides is 3. The Balaban J connectivity index is 2.33. The van der Waals surface area contributed by atoms with Crippen molar-refractivity contribution in [2.24, 2.45) is 11.8 Å². The molecule has 1 heterocycles. The van der Waals surface area contributed by atoms with Gasteiger partial charge in [-0.2, -0.15) is 13.2 Å². The van der Waals surface area contributed by atoms with Gasteiger partial charge in [-0.05, 0) is 31.6 Å². The van der Waals surface area contributed by atoms with E-state index < -0.39 is 12.1 Å². The third kappa shape index (κ3) is 6.39. The number of rotatable bonds is 7. The molecule has 0 aromatic heterocycles. The molecule has 0 aromatic carbocycles. The molecule has 1 atom stereocenters. The largest absolute Gasteiger partial charge is 0.471 e. The summed E-state index contributed by atoms with van der Waals surface area (Å²) in [5.41, 5.74) is 0. The van der Waals surface area contributed by atoms with Crippen LogP contribution < -0.4 is 5.32 Å². The summed E-state index contributed by atoms with van der Waals surface area (Å²) in [6, 6.07) is 0. The molecule has 0 aliphatic carbocycles. The van der Waals surface area contributed by atoms with Crippen molar-refractivity contribution in [1.29, 1.82) is 0 Å². The topological polar surface area (TPSA) is 49.4 Å². The highest BCUT2D eigenvalue weighted by molar-refractivity contribution is 5.82. The first-order chi connectivity index (χ1) is 10.8. The normalized spacial score (nSPS) is 17.9. The van der Waals surface area contributed by atoms with Gasteiger partial charge in [-0.1, -0.05) is 26.7 Å². The van der Waals surface area contributed by atoms with E-state index in [-0.39, 0.29) is 30.8 Å². The van der Waals surface area contributed by atoms with Gasteiger partial charge in [0.25, 0.3) is 0 Å². The lowest BCUT2D eigenvalue weighted by molar-refractivity contribution is -0.186. The highest BCUT2D eigenvalue weighted by atomic mass is 19.4. The van der Waals surface area contributed by atoms with E-state index in [4.69, 9.17) is 0 Å². The van der Waals surface area contributed by atoms with E-state index in [1.54, 1.807) is 0 Å². The Morgan fingerprint density at radius 1 is 1.22 bits per heavy atom. The maximum absolute atomic E-state index is 12.4. The molecule has 2 amide bonds. The lowest BCUT2D eigenvalue weighted by Gasteiger charge is -2.32. The molecule has 0 saturated carbocycles. The number of carbonyl (C=O) groups excluding carboxylic acids is 2. The molecule has 1 aliphatic rings. The zero-order valence-electron chi connectivity index (χ0n) is 13.9. The number of amides is 2. The van der Waals surface area contributed by atoms with E-state index in [0.29, 0.717) is 19.4 Å². The van der Waals surface area contributed by atoms with Crippen molar-refractivity contribution in [3.8, 4) is 0 Å². The van der Waals surface area contributed by atoms with Crippen LogP contribution in [0.25, 0.3) is 0 Å². The van der Waals surface area contributed by atoms with Crippen LogP contribution in [-0.4, -0.2) is 42.5 Å². The zero-order valence-corrected chi connectivity index (χ0v) is 13.9. The standard InChI is InChI=1S/C16H27F3N2O2/c1-3-5-6-13(4-2)14(22)20-11-12-7-9-21(10-8-12)15(23)16(17,18)19/h12-13H,3-11H2,1-2H3,(H,20,22)/t13-/m0/s1. The SMILES string of the molecule is CCCC[C@H](CC)C(=O)NCC1CCN(C(=O)C(F)(F)F)CC1. The van der Waals surface area contributed by atoms with Gasteiger partial charge >= 0.3 is 12.1 Å². The molecule has 1 rings (SSSR count). The number of piperidine rings is 1. The molecule has 0 radical (unpaired) electrons. The fourth-order valence-corrected chi connectivity index (χ4v) is 2.88. The van der Waals surface area contributed by atoms with Gasteiger partial charge in [0.05, 0.1) is 0 Å². The second-order valence-electron chi connectivity index (χ2n) is 6.23. The van der Waals surface area contributed by atoms with E-state index in [1.165, 1.54) is 0 Å². The van der Waals surface area contributed by atoms with Gasteiger partial charge in [0, 0.05) is 25.6 Å². The van der Waals surface area contributed by atoms with Gasteiger partial charge in [0.1, 0.15) is 0 Å². The molecule has 1 aliphatic heterocycles. The molecule has 23 heavy (non-hydrogen) atoms. The average molecular weight is 336 g/mol. The van der Waals surface area contributed by atoms with E-state index in [9.17, 15) is 22.8 Å². The Kier molecular flexibility index (Phi) is 7.85. The summed E-state index contributed by atoms with van der Waals surface area (Å²) in [7, 11) is 0. The Hall–Kier alpha value is -1.27. The minimum atomic E-state index is -4.80. The van der Waals surface area contributed by atoms with Crippen molar-refractivity contribution in [1.82, 2.24) is 10.2 Å². The Morgan fingerprint density at radius 2 is 1.83 bits per heavy atom. The van der Waals surface area contributed by atoms with Gasteiger partial charge in [-0.15, -0.1) is 0 Å². The van der Waals surface area contributed by atoms with Crippen molar-refractivity contribution in [3.63, 3.8) is 0 Å². The van der Waals surface area contributed by atoms with Crippen molar-refractivity contribution >= 4 is 11.8 Å².